The van der Waals surface area contributed by atoms with E-state index < -0.39 is 0 Å². The number of fused-ring (bicyclic) bond motifs is 2. The molecule has 0 fully saturated rings. The minimum absolute atomic E-state index is 0.355. The maximum absolute atomic E-state index is 5.03. The molecule has 1 unspecified atom stereocenters. The van der Waals surface area contributed by atoms with Crippen molar-refractivity contribution in [2.24, 2.45) is 0 Å². The van der Waals surface area contributed by atoms with Crippen molar-refractivity contribution in [2.75, 3.05) is 7.05 Å². The van der Waals surface area contributed by atoms with Crippen molar-refractivity contribution in [3.8, 4) is 0 Å². The summed E-state index contributed by atoms with van der Waals surface area (Å²) in [4.78, 5) is 16.5. The molecule has 0 aliphatic heterocycles. The van der Waals surface area contributed by atoms with Crippen LogP contribution in [0.3, 0.4) is 0 Å². The Hall–Kier alpha value is -2.79. The molecule has 5 nitrogen and oxygen atoms in total. The largest absolute Gasteiger partial charge is 0.323 e. The maximum Gasteiger partial charge on any atom is 0.124 e. The smallest absolute Gasteiger partial charge is 0.124 e. The van der Waals surface area contributed by atoms with Crippen LogP contribution in [0.1, 0.15) is 54.4 Å². The lowest BCUT2D eigenvalue weighted by Gasteiger charge is -2.32. The summed E-state index contributed by atoms with van der Waals surface area (Å²) in [5.41, 5.74) is 3.85. The molecule has 0 radical (unpaired) electrons. The van der Waals surface area contributed by atoms with Gasteiger partial charge >= 0.3 is 0 Å². The average molecular weight is 386 g/mol. The first kappa shape index (κ1) is 18.3. The highest BCUT2D eigenvalue weighted by atomic mass is 15.2. The minimum atomic E-state index is 0.355. The van der Waals surface area contributed by atoms with Gasteiger partial charge in [-0.3, -0.25) is 14.9 Å². The fraction of sp³-hybridized carbons (Fsp3) is 0.375. The van der Waals surface area contributed by atoms with Gasteiger partial charge in [-0.1, -0.05) is 24.3 Å². The van der Waals surface area contributed by atoms with Crippen LogP contribution in [0.2, 0.25) is 0 Å². The first-order valence-electron chi connectivity index (χ1n) is 10.6. The van der Waals surface area contributed by atoms with Gasteiger partial charge in [-0.15, -0.1) is 0 Å². The monoisotopic (exact) mass is 385 g/mol. The molecular formula is C24H27N5. The van der Waals surface area contributed by atoms with Crippen LogP contribution >= 0.6 is 0 Å². The second kappa shape index (κ2) is 7.91. The van der Waals surface area contributed by atoms with Crippen molar-refractivity contribution in [3.63, 3.8) is 0 Å². The molecule has 0 bridgehead atoms. The number of hydrogen-bond acceptors (Lipinski definition) is 4. The zero-order valence-corrected chi connectivity index (χ0v) is 17.0. The highest BCUT2D eigenvalue weighted by Gasteiger charge is 2.26. The van der Waals surface area contributed by atoms with Gasteiger partial charge < -0.3 is 4.57 Å². The third kappa shape index (κ3) is 3.62. The molecule has 3 aromatic heterocycles. The Kier molecular flexibility index (Phi) is 4.98. The van der Waals surface area contributed by atoms with Gasteiger partial charge in [0.05, 0.1) is 35.5 Å². The van der Waals surface area contributed by atoms with Gasteiger partial charge in [0.2, 0.25) is 0 Å². The number of aryl methyl sites for hydroxylation is 1. The Morgan fingerprint density at radius 2 is 2.03 bits per heavy atom. The summed E-state index contributed by atoms with van der Waals surface area (Å²) in [6.45, 7) is 1.62. The molecule has 5 rings (SSSR count). The van der Waals surface area contributed by atoms with Gasteiger partial charge in [0.25, 0.3) is 0 Å². The van der Waals surface area contributed by atoms with E-state index >= 15 is 0 Å². The SMILES string of the molecule is CN(Cc1nc2c(n1Cc1cccnc1)=CCCC=2)C1CCCc2cccnc21. The van der Waals surface area contributed by atoms with Crippen molar-refractivity contribution in [2.45, 2.75) is 51.2 Å². The van der Waals surface area contributed by atoms with E-state index in [1.807, 2.05) is 24.7 Å². The third-order valence-electron chi connectivity index (χ3n) is 6.11. The Labute approximate surface area is 171 Å². The molecular weight excluding hydrogens is 358 g/mol. The Morgan fingerprint density at radius 3 is 2.93 bits per heavy atom. The summed E-state index contributed by atoms with van der Waals surface area (Å²) < 4.78 is 2.38. The van der Waals surface area contributed by atoms with Crippen LogP contribution in [-0.4, -0.2) is 31.5 Å². The van der Waals surface area contributed by atoms with E-state index in [-0.39, 0.29) is 0 Å². The van der Waals surface area contributed by atoms with Gasteiger partial charge in [0, 0.05) is 18.6 Å². The lowest BCUT2D eigenvalue weighted by Crippen LogP contribution is -2.33. The van der Waals surface area contributed by atoms with Crippen LogP contribution in [0.25, 0.3) is 12.2 Å². The first-order valence-corrected chi connectivity index (χ1v) is 10.6. The van der Waals surface area contributed by atoms with Gasteiger partial charge in [0.15, 0.2) is 0 Å². The van der Waals surface area contributed by atoms with Crippen LogP contribution in [0.15, 0.2) is 42.9 Å². The zero-order chi connectivity index (χ0) is 19.6. The highest BCUT2D eigenvalue weighted by Crippen LogP contribution is 2.32. The minimum Gasteiger partial charge on any atom is -0.323 e. The molecule has 0 saturated heterocycles. The number of imidazole rings is 1. The molecule has 0 N–H and O–H groups in total. The van der Waals surface area contributed by atoms with Gasteiger partial charge in [-0.25, -0.2) is 4.98 Å². The topological polar surface area (TPSA) is 46.8 Å². The molecule has 3 heterocycles. The van der Waals surface area contributed by atoms with Crippen molar-refractivity contribution in [1.29, 1.82) is 0 Å². The van der Waals surface area contributed by atoms with E-state index in [9.17, 15) is 0 Å². The molecule has 2 aliphatic rings. The molecule has 1 atom stereocenters. The van der Waals surface area contributed by atoms with E-state index in [2.05, 4.69) is 51.8 Å². The predicted molar refractivity (Wildman–Crippen MR) is 114 cm³/mol. The van der Waals surface area contributed by atoms with Crippen molar-refractivity contribution >= 4 is 12.2 Å². The van der Waals surface area contributed by atoms with Crippen LogP contribution in [0.5, 0.6) is 0 Å². The molecule has 0 amide bonds. The van der Waals surface area contributed by atoms with Crippen molar-refractivity contribution in [1.82, 2.24) is 24.4 Å². The van der Waals surface area contributed by atoms with Crippen LogP contribution < -0.4 is 10.7 Å². The van der Waals surface area contributed by atoms with Crippen LogP contribution in [0.4, 0.5) is 0 Å². The quantitative estimate of drug-likeness (QED) is 0.677. The van der Waals surface area contributed by atoms with Gasteiger partial charge in [-0.05, 0) is 62.4 Å². The fourth-order valence-electron chi connectivity index (χ4n) is 4.66. The van der Waals surface area contributed by atoms with E-state index in [1.165, 1.54) is 28.6 Å². The summed E-state index contributed by atoms with van der Waals surface area (Å²) in [7, 11) is 2.21. The normalized spacial score (nSPS) is 17.9. The number of nitrogens with zero attached hydrogens (tertiary/aromatic N) is 5. The van der Waals surface area contributed by atoms with E-state index in [0.29, 0.717) is 6.04 Å². The highest BCUT2D eigenvalue weighted by molar-refractivity contribution is 5.35. The van der Waals surface area contributed by atoms with E-state index in [1.54, 1.807) is 0 Å². The molecule has 29 heavy (non-hydrogen) atoms. The second-order valence-electron chi connectivity index (χ2n) is 8.10. The maximum atomic E-state index is 5.03. The first-order chi connectivity index (χ1) is 14.3. The van der Waals surface area contributed by atoms with Gasteiger partial charge in [0.1, 0.15) is 5.82 Å². The zero-order valence-electron chi connectivity index (χ0n) is 17.0. The van der Waals surface area contributed by atoms with Crippen LogP contribution in [-0.2, 0) is 19.5 Å². The summed E-state index contributed by atoms with van der Waals surface area (Å²) in [5, 5.41) is 2.39. The number of pyridine rings is 2. The standard InChI is InChI=1S/C24H27N5/c1-28(22-12-4-8-19-9-6-14-26-24(19)22)17-23-27-20-10-2-3-11-21(20)29(23)16-18-7-5-13-25-15-18/h5-7,9-11,13-15,22H,2-4,8,12,16-17H2,1H3. The Bertz CT molecular complexity index is 1120. The van der Waals surface area contributed by atoms with E-state index in [0.717, 1.165) is 49.9 Å². The molecule has 2 aliphatic carbocycles. The lowest BCUT2D eigenvalue weighted by molar-refractivity contribution is 0.201. The lowest BCUT2D eigenvalue weighted by atomic mass is 9.91. The molecule has 5 heteroatoms. The van der Waals surface area contributed by atoms with Crippen molar-refractivity contribution in [3.05, 3.63) is 76.2 Å². The molecule has 0 saturated carbocycles. The molecule has 0 aromatic carbocycles. The predicted octanol–water partition coefficient (Wildman–Crippen LogP) is 2.59. The van der Waals surface area contributed by atoms with Crippen LogP contribution in [0, 0.1) is 0 Å². The summed E-state index contributed by atoms with van der Waals surface area (Å²) >= 11 is 0. The third-order valence-corrected chi connectivity index (χ3v) is 6.11. The average Bonchev–Trinajstić information content (AvgIpc) is 3.11. The molecule has 148 valence electrons. The molecule has 0 spiro atoms. The van der Waals surface area contributed by atoms with Gasteiger partial charge in [-0.2, -0.15) is 0 Å². The Balaban J connectivity index is 1.48. The summed E-state index contributed by atoms with van der Waals surface area (Å²) in [6, 6.07) is 8.79. The fourth-order valence-corrected chi connectivity index (χ4v) is 4.66. The number of rotatable bonds is 5. The summed E-state index contributed by atoms with van der Waals surface area (Å²) in [6.07, 6.45) is 16.0. The second-order valence-corrected chi connectivity index (χ2v) is 8.10. The molecule has 3 aromatic rings. The van der Waals surface area contributed by atoms with E-state index in [4.69, 9.17) is 9.97 Å². The number of hydrogen-bond donors (Lipinski definition) is 0. The Morgan fingerprint density at radius 1 is 1.14 bits per heavy atom. The van der Waals surface area contributed by atoms with Crippen molar-refractivity contribution < 1.29 is 0 Å². The summed E-state index contributed by atoms with van der Waals surface area (Å²) in [5.74, 6) is 1.12. The number of aromatic nitrogens is 4.